The van der Waals surface area contributed by atoms with Gasteiger partial charge in [0, 0.05) is 29.9 Å². The molecule has 0 atom stereocenters. The van der Waals surface area contributed by atoms with Crippen LogP contribution in [0, 0.1) is 0 Å². The number of Topliss-reactive ketones (excluding diaryl/α,β-unsaturated/α-hetero) is 1. The molecule has 27 heavy (non-hydrogen) atoms. The van der Waals surface area contributed by atoms with Gasteiger partial charge >= 0.3 is 6.18 Å². The quantitative estimate of drug-likeness (QED) is 0.792. The van der Waals surface area contributed by atoms with E-state index in [2.05, 4.69) is 10.2 Å². The van der Waals surface area contributed by atoms with Gasteiger partial charge in [-0.15, -0.1) is 12.4 Å². The van der Waals surface area contributed by atoms with Gasteiger partial charge in [-0.25, -0.2) is 0 Å². The maximum atomic E-state index is 12.6. The van der Waals surface area contributed by atoms with Crippen LogP contribution in [0.5, 0.6) is 0 Å². The molecule has 3 rings (SSSR count). The second-order valence-corrected chi connectivity index (χ2v) is 6.33. The summed E-state index contributed by atoms with van der Waals surface area (Å²) in [6.45, 7) is 1.74. The molecule has 0 unspecified atom stereocenters. The number of amides is 1. The lowest BCUT2D eigenvalue weighted by Gasteiger charge is -2.25. The Hall–Kier alpha value is -2.38. The Morgan fingerprint density at radius 3 is 2.44 bits per heavy atom. The zero-order valence-corrected chi connectivity index (χ0v) is 15.3. The van der Waals surface area contributed by atoms with E-state index in [1.54, 1.807) is 6.07 Å². The molecule has 0 aliphatic carbocycles. The lowest BCUT2D eigenvalue weighted by Crippen LogP contribution is -2.26. The maximum absolute atomic E-state index is 12.6. The topological polar surface area (TPSA) is 49.4 Å². The van der Waals surface area contributed by atoms with Crippen LogP contribution in [0.1, 0.15) is 31.8 Å². The summed E-state index contributed by atoms with van der Waals surface area (Å²) in [5, 5.41) is 2.68. The third-order valence-corrected chi connectivity index (χ3v) is 4.31. The fourth-order valence-electron chi connectivity index (χ4n) is 2.94. The molecule has 1 aliphatic heterocycles. The van der Waals surface area contributed by atoms with Crippen molar-refractivity contribution in [2.45, 2.75) is 19.1 Å². The molecule has 1 amide bonds. The summed E-state index contributed by atoms with van der Waals surface area (Å²) < 4.78 is 37.7. The van der Waals surface area contributed by atoms with E-state index in [9.17, 15) is 22.8 Å². The van der Waals surface area contributed by atoms with Crippen LogP contribution >= 0.6 is 12.4 Å². The molecule has 0 spiro atoms. The van der Waals surface area contributed by atoms with Crippen molar-refractivity contribution in [1.82, 2.24) is 4.90 Å². The monoisotopic (exact) mass is 398 g/mol. The first-order valence-corrected chi connectivity index (χ1v) is 8.07. The maximum Gasteiger partial charge on any atom is 0.454 e. The Kier molecular flexibility index (Phi) is 6.28. The average molecular weight is 399 g/mol. The number of nitrogens with zero attached hydrogens (tertiary/aromatic N) is 1. The minimum Gasteiger partial charge on any atom is -0.322 e. The van der Waals surface area contributed by atoms with Crippen molar-refractivity contribution in [3.8, 4) is 0 Å². The number of halogens is 4. The minimum atomic E-state index is -4.97. The zero-order valence-electron chi connectivity index (χ0n) is 14.5. The Labute approximate surface area is 160 Å². The predicted molar refractivity (Wildman–Crippen MR) is 98.5 cm³/mol. The van der Waals surface area contributed by atoms with Crippen molar-refractivity contribution in [2.24, 2.45) is 0 Å². The number of benzene rings is 2. The first-order chi connectivity index (χ1) is 12.2. The van der Waals surface area contributed by atoms with Crippen LogP contribution in [-0.4, -0.2) is 36.4 Å². The smallest absolute Gasteiger partial charge is 0.322 e. The molecule has 2 aromatic rings. The van der Waals surface area contributed by atoms with Gasteiger partial charge in [0.15, 0.2) is 0 Å². The Balaban J connectivity index is 0.00000261. The van der Waals surface area contributed by atoms with Gasteiger partial charge in [0.2, 0.25) is 0 Å². The number of nitrogens with one attached hydrogen (secondary N) is 1. The highest BCUT2D eigenvalue weighted by Crippen LogP contribution is 2.24. The van der Waals surface area contributed by atoms with Crippen molar-refractivity contribution in [3.05, 3.63) is 64.7 Å². The lowest BCUT2D eigenvalue weighted by atomic mass is 9.99. The van der Waals surface area contributed by atoms with E-state index in [1.807, 2.05) is 19.2 Å². The summed E-state index contributed by atoms with van der Waals surface area (Å²) in [7, 11) is 2.01. The van der Waals surface area contributed by atoms with E-state index in [0.717, 1.165) is 37.2 Å². The molecule has 1 N–H and O–H groups in total. The summed E-state index contributed by atoms with van der Waals surface area (Å²) in [6.07, 6.45) is -4.04. The highest BCUT2D eigenvalue weighted by atomic mass is 35.5. The summed E-state index contributed by atoms with van der Waals surface area (Å²) in [5.74, 6) is -2.53. The van der Waals surface area contributed by atoms with Crippen LogP contribution in [0.2, 0.25) is 0 Å². The van der Waals surface area contributed by atoms with Gasteiger partial charge < -0.3 is 10.2 Å². The average Bonchev–Trinajstić information content (AvgIpc) is 2.60. The second kappa shape index (κ2) is 8.10. The van der Waals surface area contributed by atoms with E-state index >= 15 is 0 Å². The highest BCUT2D eigenvalue weighted by Gasteiger charge is 2.39. The zero-order chi connectivity index (χ0) is 18.9. The largest absolute Gasteiger partial charge is 0.454 e. The van der Waals surface area contributed by atoms with Gasteiger partial charge in [-0.3, -0.25) is 9.59 Å². The number of carbonyl (C=O) groups excluding carboxylic acids is 2. The molecular formula is C19H18ClF3N2O2. The van der Waals surface area contributed by atoms with E-state index < -0.39 is 23.4 Å². The van der Waals surface area contributed by atoms with Crippen LogP contribution in [0.3, 0.4) is 0 Å². The fraction of sp³-hybridized carbons (Fsp3) is 0.263. The van der Waals surface area contributed by atoms with E-state index in [1.165, 1.54) is 17.7 Å². The molecule has 1 heterocycles. The first kappa shape index (κ1) is 20.9. The number of ketones is 1. The highest BCUT2D eigenvalue weighted by molar-refractivity contribution is 6.07. The molecular weight excluding hydrogens is 381 g/mol. The molecule has 144 valence electrons. The summed E-state index contributed by atoms with van der Waals surface area (Å²) in [5.41, 5.74) is 2.33. The van der Waals surface area contributed by atoms with Crippen LogP contribution in [0.4, 0.5) is 18.9 Å². The number of alkyl halides is 3. The van der Waals surface area contributed by atoms with Crippen LogP contribution < -0.4 is 5.32 Å². The molecule has 0 aromatic heterocycles. The van der Waals surface area contributed by atoms with Crippen molar-refractivity contribution in [2.75, 3.05) is 18.9 Å². The summed E-state index contributed by atoms with van der Waals surface area (Å²) in [6, 6.07) is 10.2. The Morgan fingerprint density at radius 1 is 1.04 bits per heavy atom. The van der Waals surface area contributed by atoms with Crippen molar-refractivity contribution in [3.63, 3.8) is 0 Å². The number of hydrogen-bond acceptors (Lipinski definition) is 3. The molecule has 0 fully saturated rings. The Morgan fingerprint density at radius 2 is 1.74 bits per heavy atom. The van der Waals surface area contributed by atoms with Crippen LogP contribution in [0.15, 0.2) is 42.5 Å². The van der Waals surface area contributed by atoms with Crippen LogP contribution in [0.25, 0.3) is 0 Å². The van der Waals surface area contributed by atoms with Gasteiger partial charge in [0.1, 0.15) is 0 Å². The second-order valence-electron chi connectivity index (χ2n) is 6.33. The first-order valence-electron chi connectivity index (χ1n) is 8.07. The molecule has 0 bridgehead atoms. The van der Waals surface area contributed by atoms with Gasteiger partial charge in [-0.05, 0) is 48.9 Å². The standard InChI is InChI=1S/C19H17F3N2O2.ClH/c1-24-8-7-12-5-6-16(10-15(12)11-24)23-18(26)14-4-2-3-13(9-14)17(25)19(20,21)22;/h2-6,9-10H,7-8,11H2,1H3,(H,23,26);1H. The van der Waals surface area contributed by atoms with Gasteiger partial charge in [0.25, 0.3) is 11.7 Å². The predicted octanol–water partition coefficient (Wildman–Crippen LogP) is 4.09. The molecule has 2 aromatic carbocycles. The van der Waals surface area contributed by atoms with Crippen molar-refractivity contribution in [1.29, 1.82) is 0 Å². The normalized spacial score (nSPS) is 14.1. The molecule has 4 nitrogen and oxygen atoms in total. The number of rotatable bonds is 3. The minimum absolute atomic E-state index is 0. The molecule has 0 saturated carbocycles. The number of hydrogen-bond donors (Lipinski definition) is 1. The fourth-order valence-corrected chi connectivity index (χ4v) is 2.94. The van der Waals surface area contributed by atoms with Crippen LogP contribution in [-0.2, 0) is 13.0 Å². The van der Waals surface area contributed by atoms with Gasteiger partial charge in [0.05, 0.1) is 0 Å². The van der Waals surface area contributed by atoms with Crippen molar-refractivity contribution >= 4 is 29.8 Å². The number of fused-ring (bicyclic) bond motifs is 1. The van der Waals surface area contributed by atoms with E-state index in [0.29, 0.717) is 5.69 Å². The van der Waals surface area contributed by atoms with E-state index in [4.69, 9.17) is 0 Å². The number of carbonyl (C=O) groups is 2. The SMILES string of the molecule is CN1CCc2ccc(NC(=O)c3cccc(C(=O)C(F)(F)F)c3)cc2C1.Cl. The van der Waals surface area contributed by atoms with Crippen molar-refractivity contribution < 1.29 is 22.8 Å². The molecule has 0 radical (unpaired) electrons. The molecule has 1 aliphatic rings. The van der Waals surface area contributed by atoms with Gasteiger partial charge in [-0.1, -0.05) is 18.2 Å². The number of anilines is 1. The Bertz CT molecular complexity index is 868. The number of likely N-dealkylation sites (N-methyl/N-ethyl adjacent to an activating group) is 1. The summed E-state index contributed by atoms with van der Waals surface area (Å²) in [4.78, 5) is 25.9. The lowest BCUT2D eigenvalue weighted by molar-refractivity contribution is -0.0885. The molecule has 8 heteroatoms. The summed E-state index contributed by atoms with van der Waals surface area (Å²) >= 11 is 0. The van der Waals surface area contributed by atoms with E-state index in [-0.39, 0.29) is 18.0 Å². The van der Waals surface area contributed by atoms with Gasteiger partial charge in [-0.2, -0.15) is 13.2 Å². The third-order valence-electron chi connectivity index (χ3n) is 4.31. The third kappa shape index (κ3) is 4.87. The molecule has 0 saturated heterocycles.